The molecule has 2 aromatic carbocycles. The van der Waals surface area contributed by atoms with Crippen molar-refractivity contribution >= 4 is 43.3 Å². The molecule has 0 unspecified atom stereocenters. The molecule has 0 radical (unpaired) electrons. The van der Waals surface area contributed by atoms with Gasteiger partial charge in [-0.2, -0.15) is 0 Å². The van der Waals surface area contributed by atoms with Gasteiger partial charge in [-0.3, -0.25) is 9.69 Å². The summed E-state index contributed by atoms with van der Waals surface area (Å²) in [4.78, 5) is 14.4. The SMILES string of the molecule is O=C(NCCN1CCOCC1)c1cc(Cl)cc(CS(=O)(=O)c2cc(Br)ccc2O)c1O. The fourth-order valence-electron chi connectivity index (χ4n) is 3.21. The highest BCUT2D eigenvalue weighted by Crippen LogP contribution is 2.33. The number of halogens is 2. The summed E-state index contributed by atoms with van der Waals surface area (Å²) in [5.41, 5.74) is -0.150. The third-order valence-corrected chi connectivity index (χ3v) is 7.22. The van der Waals surface area contributed by atoms with Crippen LogP contribution >= 0.6 is 27.5 Å². The lowest BCUT2D eigenvalue weighted by Gasteiger charge is -2.26. The van der Waals surface area contributed by atoms with Crippen molar-refractivity contribution in [2.75, 3.05) is 39.4 Å². The molecule has 1 fully saturated rings. The van der Waals surface area contributed by atoms with Crippen molar-refractivity contribution in [3.63, 3.8) is 0 Å². The molecular weight excluding hydrogens is 512 g/mol. The number of carbonyl (C=O) groups excluding carboxylic acids is 1. The lowest BCUT2D eigenvalue weighted by atomic mass is 10.1. The van der Waals surface area contributed by atoms with Gasteiger partial charge < -0.3 is 20.3 Å². The number of phenolic OH excluding ortho intramolecular Hbond substituents is 2. The molecule has 3 rings (SSSR count). The van der Waals surface area contributed by atoms with Crippen molar-refractivity contribution in [1.29, 1.82) is 0 Å². The van der Waals surface area contributed by atoms with Crippen LogP contribution in [0, 0.1) is 0 Å². The van der Waals surface area contributed by atoms with Gasteiger partial charge in [-0.1, -0.05) is 27.5 Å². The summed E-state index contributed by atoms with van der Waals surface area (Å²) >= 11 is 9.26. The molecule has 1 heterocycles. The lowest BCUT2D eigenvalue weighted by Crippen LogP contribution is -2.41. The van der Waals surface area contributed by atoms with E-state index in [-0.39, 0.29) is 21.0 Å². The van der Waals surface area contributed by atoms with Crippen LogP contribution in [0.5, 0.6) is 11.5 Å². The number of phenols is 2. The quantitative estimate of drug-likeness (QED) is 0.501. The van der Waals surface area contributed by atoms with Crippen LogP contribution in [0.1, 0.15) is 15.9 Å². The Morgan fingerprint density at radius 2 is 1.90 bits per heavy atom. The molecule has 0 aliphatic carbocycles. The number of hydrogen-bond acceptors (Lipinski definition) is 7. The normalized spacial score (nSPS) is 15.0. The highest BCUT2D eigenvalue weighted by molar-refractivity contribution is 9.10. The molecule has 0 aromatic heterocycles. The van der Waals surface area contributed by atoms with Gasteiger partial charge in [0, 0.05) is 41.2 Å². The van der Waals surface area contributed by atoms with E-state index >= 15 is 0 Å². The monoisotopic (exact) mass is 532 g/mol. The minimum absolute atomic E-state index is 0.0368. The van der Waals surface area contributed by atoms with Gasteiger partial charge in [0.15, 0.2) is 9.84 Å². The summed E-state index contributed by atoms with van der Waals surface area (Å²) in [6.07, 6.45) is 0. The second-order valence-electron chi connectivity index (χ2n) is 7.04. The predicted molar refractivity (Wildman–Crippen MR) is 119 cm³/mol. The van der Waals surface area contributed by atoms with E-state index in [1.54, 1.807) is 0 Å². The third kappa shape index (κ3) is 6.11. The second-order valence-corrected chi connectivity index (χ2v) is 10.4. The first-order valence-corrected chi connectivity index (χ1v) is 12.3. The van der Waals surface area contributed by atoms with Crippen LogP contribution in [0.3, 0.4) is 0 Å². The Morgan fingerprint density at radius 3 is 2.61 bits per heavy atom. The standard InChI is InChI=1S/C20H22BrClN2O6S/c21-14-1-2-17(25)18(10-14)31(28,29)12-13-9-15(22)11-16(19(13)26)20(27)23-3-4-24-5-7-30-8-6-24/h1-2,9-11,25-26H,3-8,12H2,(H,23,27). The third-order valence-electron chi connectivity index (χ3n) is 4.82. The Bertz CT molecular complexity index is 1070. The van der Waals surface area contributed by atoms with E-state index in [0.717, 1.165) is 13.1 Å². The number of aromatic hydroxyl groups is 2. The number of carbonyl (C=O) groups is 1. The fourth-order valence-corrected chi connectivity index (χ4v) is 5.44. The molecule has 0 saturated carbocycles. The Morgan fingerprint density at radius 1 is 1.19 bits per heavy atom. The van der Waals surface area contributed by atoms with Crippen LogP contribution in [0.4, 0.5) is 0 Å². The van der Waals surface area contributed by atoms with Gasteiger partial charge >= 0.3 is 0 Å². The predicted octanol–water partition coefficient (Wildman–Crippen LogP) is 2.55. The highest BCUT2D eigenvalue weighted by atomic mass is 79.9. The van der Waals surface area contributed by atoms with Gasteiger partial charge in [0.1, 0.15) is 16.4 Å². The summed E-state index contributed by atoms with van der Waals surface area (Å²) in [5, 5.41) is 23.4. The zero-order valence-corrected chi connectivity index (χ0v) is 19.6. The van der Waals surface area contributed by atoms with E-state index in [1.165, 1.54) is 30.3 Å². The summed E-state index contributed by atoms with van der Waals surface area (Å²) < 4.78 is 31.4. The number of ether oxygens (including phenoxy) is 1. The van der Waals surface area contributed by atoms with E-state index in [4.69, 9.17) is 16.3 Å². The van der Waals surface area contributed by atoms with E-state index in [1.807, 2.05) is 0 Å². The first-order valence-electron chi connectivity index (χ1n) is 9.48. The zero-order chi connectivity index (χ0) is 22.6. The van der Waals surface area contributed by atoms with Crippen LogP contribution in [0.2, 0.25) is 5.02 Å². The first-order chi connectivity index (χ1) is 14.7. The molecule has 3 N–H and O–H groups in total. The largest absolute Gasteiger partial charge is 0.507 e. The van der Waals surface area contributed by atoms with Gasteiger partial charge in [0.05, 0.1) is 24.5 Å². The van der Waals surface area contributed by atoms with Crippen molar-refractivity contribution in [2.45, 2.75) is 10.6 Å². The molecule has 1 aliphatic heterocycles. The van der Waals surface area contributed by atoms with Crippen LogP contribution in [-0.2, 0) is 20.3 Å². The van der Waals surface area contributed by atoms with Crippen LogP contribution in [0.25, 0.3) is 0 Å². The van der Waals surface area contributed by atoms with Gasteiger partial charge in [0.25, 0.3) is 5.91 Å². The molecule has 0 atom stereocenters. The maximum atomic E-state index is 12.8. The van der Waals surface area contributed by atoms with Gasteiger partial charge in [0.2, 0.25) is 0 Å². The van der Waals surface area contributed by atoms with Crippen molar-refractivity contribution < 1.29 is 28.2 Å². The fraction of sp³-hybridized carbons (Fsp3) is 0.350. The number of nitrogens with one attached hydrogen (secondary N) is 1. The summed E-state index contributed by atoms with van der Waals surface area (Å²) in [6, 6.07) is 6.60. The van der Waals surface area contributed by atoms with E-state index in [2.05, 4.69) is 26.1 Å². The number of amides is 1. The maximum Gasteiger partial charge on any atom is 0.255 e. The average Bonchev–Trinajstić information content (AvgIpc) is 2.72. The molecular formula is C20H22BrClN2O6S. The maximum absolute atomic E-state index is 12.8. The Balaban J connectivity index is 1.76. The van der Waals surface area contributed by atoms with Crippen molar-refractivity contribution in [3.8, 4) is 11.5 Å². The first kappa shape index (κ1) is 23.8. The molecule has 0 bridgehead atoms. The second kappa shape index (κ2) is 10.2. The molecule has 168 valence electrons. The summed E-state index contributed by atoms with van der Waals surface area (Å²) in [7, 11) is -4.03. The van der Waals surface area contributed by atoms with Crippen molar-refractivity contribution in [2.24, 2.45) is 0 Å². The molecule has 11 heteroatoms. The highest BCUT2D eigenvalue weighted by Gasteiger charge is 2.24. The van der Waals surface area contributed by atoms with Crippen LogP contribution in [0.15, 0.2) is 39.7 Å². The van der Waals surface area contributed by atoms with Crippen LogP contribution < -0.4 is 5.32 Å². The molecule has 8 nitrogen and oxygen atoms in total. The van der Waals surface area contributed by atoms with Crippen LogP contribution in [-0.4, -0.2) is 68.8 Å². The topological polar surface area (TPSA) is 116 Å². The molecule has 1 amide bonds. The van der Waals surface area contributed by atoms with Gasteiger partial charge in [-0.15, -0.1) is 0 Å². The lowest BCUT2D eigenvalue weighted by molar-refractivity contribution is 0.0383. The number of hydrogen-bond donors (Lipinski definition) is 3. The Kier molecular flexibility index (Phi) is 7.82. The molecule has 1 aliphatic rings. The average molecular weight is 534 g/mol. The minimum Gasteiger partial charge on any atom is -0.507 e. The number of benzene rings is 2. The smallest absolute Gasteiger partial charge is 0.255 e. The molecule has 1 saturated heterocycles. The Hall–Kier alpha value is -1.85. The van der Waals surface area contributed by atoms with Crippen molar-refractivity contribution in [3.05, 3.63) is 51.0 Å². The van der Waals surface area contributed by atoms with E-state index < -0.39 is 33.0 Å². The number of rotatable bonds is 7. The zero-order valence-electron chi connectivity index (χ0n) is 16.5. The molecule has 2 aromatic rings. The molecule has 31 heavy (non-hydrogen) atoms. The summed E-state index contributed by atoms with van der Waals surface area (Å²) in [5.74, 6) is -2.08. The number of morpholine rings is 1. The van der Waals surface area contributed by atoms with E-state index in [9.17, 15) is 23.4 Å². The number of sulfone groups is 1. The van der Waals surface area contributed by atoms with E-state index in [0.29, 0.717) is 30.8 Å². The molecule has 0 spiro atoms. The Labute approximate surface area is 193 Å². The summed E-state index contributed by atoms with van der Waals surface area (Å²) in [6.45, 7) is 3.83. The van der Waals surface area contributed by atoms with Gasteiger partial charge in [-0.05, 0) is 30.3 Å². The van der Waals surface area contributed by atoms with Gasteiger partial charge in [-0.25, -0.2) is 8.42 Å². The van der Waals surface area contributed by atoms with Crippen molar-refractivity contribution in [1.82, 2.24) is 10.2 Å². The number of nitrogens with zero attached hydrogens (tertiary/aromatic N) is 1. The minimum atomic E-state index is -4.03.